The van der Waals surface area contributed by atoms with E-state index < -0.39 is 22.0 Å². The SMILES string of the molecule is COc1cc(/C=N\NC(=O)[C@H]2CCCN2S(=O)(=O)c2ccc(Cl)cc2)cc(Br)c1OCC#N. The van der Waals surface area contributed by atoms with Crippen LogP contribution in [0.2, 0.25) is 5.02 Å². The zero-order valence-corrected chi connectivity index (χ0v) is 20.7. The summed E-state index contributed by atoms with van der Waals surface area (Å²) in [5.41, 5.74) is 3.00. The molecule has 2 aromatic carbocycles. The molecule has 1 aliphatic rings. The highest BCUT2D eigenvalue weighted by Crippen LogP contribution is 2.36. The number of rotatable bonds is 8. The maximum Gasteiger partial charge on any atom is 0.258 e. The van der Waals surface area contributed by atoms with Crippen LogP contribution in [0.25, 0.3) is 0 Å². The summed E-state index contributed by atoms with van der Waals surface area (Å²) in [5, 5.41) is 13.1. The Morgan fingerprint density at radius 3 is 2.79 bits per heavy atom. The molecule has 1 heterocycles. The van der Waals surface area contributed by atoms with Gasteiger partial charge >= 0.3 is 0 Å². The fourth-order valence-corrected chi connectivity index (χ4v) is 5.69. The van der Waals surface area contributed by atoms with Crippen molar-refractivity contribution in [3.8, 4) is 17.6 Å². The van der Waals surface area contributed by atoms with Gasteiger partial charge in [-0.1, -0.05) is 11.6 Å². The molecule has 1 fully saturated rings. The van der Waals surface area contributed by atoms with Crippen molar-refractivity contribution in [3.05, 3.63) is 51.5 Å². The number of hydrogen-bond donors (Lipinski definition) is 1. The average molecular weight is 556 g/mol. The van der Waals surface area contributed by atoms with Crippen LogP contribution in [0.1, 0.15) is 18.4 Å². The van der Waals surface area contributed by atoms with E-state index in [-0.39, 0.29) is 18.0 Å². The van der Waals surface area contributed by atoms with Crippen molar-refractivity contribution in [2.75, 3.05) is 20.3 Å². The van der Waals surface area contributed by atoms with Crippen LogP contribution in [0.5, 0.6) is 11.5 Å². The summed E-state index contributed by atoms with van der Waals surface area (Å²) in [5.74, 6) is 0.221. The van der Waals surface area contributed by atoms with E-state index in [4.69, 9.17) is 26.3 Å². The number of carbonyl (C=O) groups is 1. The van der Waals surface area contributed by atoms with Crippen LogP contribution in [0.3, 0.4) is 0 Å². The van der Waals surface area contributed by atoms with Crippen LogP contribution in [0, 0.1) is 11.3 Å². The Balaban J connectivity index is 1.72. The predicted octanol–water partition coefficient (Wildman–Crippen LogP) is 3.32. The Bertz CT molecular complexity index is 1200. The number of carbonyl (C=O) groups excluding carboxylic acids is 1. The second-order valence-corrected chi connectivity index (χ2v) is 10.1. The first kappa shape index (κ1) is 25.0. The van der Waals surface area contributed by atoms with Gasteiger partial charge in [-0.3, -0.25) is 4.79 Å². The lowest BCUT2D eigenvalue weighted by Gasteiger charge is -2.22. The number of ether oxygens (including phenoxy) is 2. The fraction of sp³-hybridized carbons (Fsp3) is 0.286. The number of hydrogen-bond acceptors (Lipinski definition) is 7. The molecular formula is C21H20BrClN4O5S. The number of amides is 1. The van der Waals surface area contributed by atoms with Gasteiger partial charge in [0.25, 0.3) is 5.91 Å². The summed E-state index contributed by atoms with van der Waals surface area (Å²) < 4.78 is 38.3. The summed E-state index contributed by atoms with van der Waals surface area (Å²) in [6, 6.07) is 10.1. The van der Waals surface area contributed by atoms with Gasteiger partial charge < -0.3 is 9.47 Å². The highest BCUT2D eigenvalue weighted by Gasteiger charge is 2.39. The van der Waals surface area contributed by atoms with Gasteiger partial charge in [-0.15, -0.1) is 0 Å². The highest BCUT2D eigenvalue weighted by molar-refractivity contribution is 9.10. The van der Waals surface area contributed by atoms with Crippen molar-refractivity contribution in [3.63, 3.8) is 0 Å². The van der Waals surface area contributed by atoms with Crippen LogP contribution in [-0.2, 0) is 14.8 Å². The van der Waals surface area contributed by atoms with E-state index in [1.807, 2.05) is 6.07 Å². The zero-order chi connectivity index (χ0) is 24.0. The normalized spacial score (nSPS) is 16.5. The molecule has 0 saturated carbocycles. The standard InChI is InChI=1S/C21H20BrClN4O5S/c1-31-19-12-14(11-17(22)20(19)32-10-8-24)13-25-26-21(28)18-3-2-9-27(18)33(29,30)16-6-4-15(23)5-7-16/h4-7,11-13,18H,2-3,9-10H2,1H3,(H,26,28)/b25-13-/t18-/m1/s1. The second-order valence-electron chi connectivity index (χ2n) is 6.94. The molecule has 33 heavy (non-hydrogen) atoms. The molecule has 0 unspecified atom stereocenters. The topological polar surface area (TPSA) is 121 Å². The maximum atomic E-state index is 13.0. The van der Waals surface area contributed by atoms with Crippen LogP contribution >= 0.6 is 27.5 Å². The minimum atomic E-state index is -3.85. The summed E-state index contributed by atoms with van der Waals surface area (Å²) in [7, 11) is -2.39. The minimum absolute atomic E-state index is 0.0748. The third kappa shape index (κ3) is 5.83. The van der Waals surface area contributed by atoms with Crippen LogP contribution < -0.4 is 14.9 Å². The lowest BCUT2D eigenvalue weighted by atomic mass is 10.2. The minimum Gasteiger partial charge on any atom is -0.493 e. The van der Waals surface area contributed by atoms with Crippen LogP contribution in [-0.4, -0.2) is 51.1 Å². The zero-order valence-electron chi connectivity index (χ0n) is 17.5. The number of sulfonamides is 1. The predicted molar refractivity (Wildman–Crippen MR) is 126 cm³/mol. The van der Waals surface area contributed by atoms with Crippen molar-refractivity contribution in [1.29, 1.82) is 5.26 Å². The Hall–Kier alpha value is -2.65. The molecule has 0 spiro atoms. The van der Waals surface area contributed by atoms with E-state index in [0.717, 1.165) is 0 Å². The van der Waals surface area contributed by atoms with E-state index in [0.29, 0.717) is 39.4 Å². The van der Waals surface area contributed by atoms with Gasteiger partial charge in [-0.25, -0.2) is 13.8 Å². The van der Waals surface area contributed by atoms with Gasteiger partial charge in [-0.05, 0) is 70.7 Å². The molecule has 1 aliphatic heterocycles. The molecule has 12 heteroatoms. The number of nitrogens with zero attached hydrogens (tertiary/aromatic N) is 3. The molecule has 1 atom stereocenters. The summed E-state index contributed by atoms with van der Waals surface area (Å²) >= 11 is 9.20. The van der Waals surface area contributed by atoms with Crippen molar-refractivity contribution < 1.29 is 22.7 Å². The number of methoxy groups -OCH3 is 1. The Kier molecular flexibility index (Phi) is 8.31. The summed E-state index contributed by atoms with van der Waals surface area (Å²) in [6.45, 7) is 0.0936. The van der Waals surface area contributed by atoms with Gasteiger partial charge in [0.2, 0.25) is 10.0 Å². The highest BCUT2D eigenvalue weighted by atomic mass is 79.9. The van der Waals surface area contributed by atoms with E-state index in [9.17, 15) is 13.2 Å². The molecule has 3 rings (SSSR count). The molecule has 0 radical (unpaired) electrons. The van der Waals surface area contributed by atoms with Crippen molar-refractivity contribution in [2.24, 2.45) is 5.10 Å². The molecule has 1 N–H and O–H groups in total. The maximum absolute atomic E-state index is 13.0. The fourth-order valence-electron chi connectivity index (χ4n) is 3.34. The first-order valence-electron chi connectivity index (χ1n) is 9.75. The molecule has 1 amide bonds. The molecule has 0 aromatic heterocycles. The molecular weight excluding hydrogens is 536 g/mol. The quantitative estimate of drug-likeness (QED) is 0.394. The van der Waals surface area contributed by atoms with E-state index >= 15 is 0 Å². The molecule has 2 aromatic rings. The van der Waals surface area contributed by atoms with Gasteiger partial charge in [0.05, 0.1) is 22.7 Å². The Labute approximate surface area is 205 Å². The van der Waals surface area contributed by atoms with E-state index in [1.54, 1.807) is 12.1 Å². The number of hydrazone groups is 1. The number of halogens is 2. The van der Waals surface area contributed by atoms with Crippen LogP contribution in [0.15, 0.2) is 50.9 Å². The third-order valence-corrected chi connectivity index (χ3v) is 7.61. The number of nitriles is 1. The van der Waals surface area contributed by atoms with Gasteiger partial charge in [0.15, 0.2) is 18.1 Å². The molecule has 1 saturated heterocycles. The Morgan fingerprint density at radius 1 is 1.39 bits per heavy atom. The smallest absolute Gasteiger partial charge is 0.258 e. The monoisotopic (exact) mass is 554 g/mol. The van der Waals surface area contributed by atoms with Crippen molar-refractivity contribution >= 4 is 49.7 Å². The van der Waals surface area contributed by atoms with Crippen molar-refractivity contribution in [2.45, 2.75) is 23.8 Å². The third-order valence-electron chi connectivity index (χ3n) is 4.85. The lowest BCUT2D eigenvalue weighted by Crippen LogP contribution is -2.44. The first-order valence-corrected chi connectivity index (χ1v) is 12.4. The first-order chi connectivity index (χ1) is 15.8. The van der Waals surface area contributed by atoms with Crippen molar-refractivity contribution in [1.82, 2.24) is 9.73 Å². The largest absolute Gasteiger partial charge is 0.493 e. The summed E-state index contributed by atoms with van der Waals surface area (Å²) in [6.07, 6.45) is 2.34. The summed E-state index contributed by atoms with van der Waals surface area (Å²) in [4.78, 5) is 12.8. The van der Waals surface area contributed by atoms with E-state index in [1.165, 1.54) is 41.9 Å². The Morgan fingerprint density at radius 2 is 2.12 bits per heavy atom. The van der Waals surface area contributed by atoms with Gasteiger partial charge in [0, 0.05) is 11.6 Å². The number of benzene rings is 2. The molecule has 0 bridgehead atoms. The van der Waals surface area contributed by atoms with Crippen LogP contribution in [0.4, 0.5) is 0 Å². The second kappa shape index (κ2) is 11.0. The molecule has 0 aliphatic carbocycles. The van der Waals surface area contributed by atoms with E-state index in [2.05, 4.69) is 26.5 Å². The van der Waals surface area contributed by atoms with Gasteiger partial charge in [-0.2, -0.15) is 14.7 Å². The van der Waals surface area contributed by atoms with Gasteiger partial charge in [0.1, 0.15) is 12.1 Å². The lowest BCUT2D eigenvalue weighted by molar-refractivity contribution is -0.124. The number of nitrogens with one attached hydrogen (secondary N) is 1. The molecule has 174 valence electrons. The molecule has 9 nitrogen and oxygen atoms in total. The average Bonchev–Trinajstić information content (AvgIpc) is 3.29.